The topological polar surface area (TPSA) is 125 Å². The van der Waals surface area contributed by atoms with E-state index in [0.717, 1.165) is 44.8 Å². The van der Waals surface area contributed by atoms with Gasteiger partial charge in [-0.2, -0.15) is 0 Å². The lowest BCUT2D eigenvalue weighted by Gasteiger charge is -2.46. The summed E-state index contributed by atoms with van der Waals surface area (Å²) in [6.45, 7) is 9.44. The van der Waals surface area contributed by atoms with Crippen LogP contribution in [0.5, 0.6) is 0 Å². The third-order valence-corrected chi connectivity index (χ3v) is 6.89. The van der Waals surface area contributed by atoms with E-state index in [2.05, 4.69) is 24.8 Å². The van der Waals surface area contributed by atoms with Gasteiger partial charge in [-0.1, -0.05) is 0 Å². The Labute approximate surface area is 218 Å². The van der Waals surface area contributed by atoms with Gasteiger partial charge in [0.25, 0.3) is 0 Å². The highest BCUT2D eigenvalue weighted by molar-refractivity contribution is 6.04. The molecule has 0 aromatic heterocycles. The summed E-state index contributed by atoms with van der Waals surface area (Å²) >= 11 is 0. The van der Waals surface area contributed by atoms with E-state index in [1.807, 2.05) is 31.2 Å². The second-order valence-electron chi connectivity index (χ2n) is 9.23. The standard InChI is InChI=1S/C26H39N5O6/c1-4-36-23(32)16-20-17-29(18-24(33)37-5-2)11-10-22(20)31-14-12-30(13-15-31)21-8-6-19(7-9-21)25(27)28-26(34)35-3/h6-9,20,22H,4-5,10-18H2,1-3H3,(H2,27,28,34)/t20-,22+/m1/s1. The molecule has 0 bridgehead atoms. The molecule has 2 atom stereocenters. The molecule has 2 saturated heterocycles. The number of benzene rings is 1. The lowest BCUT2D eigenvalue weighted by atomic mass is 9.87. The van der Waals surface area contributed by atoms with Gasteiger partial charge in [0.05, 0.1) is 33.3 Å². The van der Waals surface area contributed by atoms with Gasteiger partial charge in [0.1, 0.15) is 5.84 Å². The SMILES string of the molecule is CCOC(=O)C[C@@H]1CN(CC(=O)OCC)CC[C@@H]1N1CCN(c2ccc(C(=N)NC(=O)OC)cc2)CC1. The van der Waals surface area contributed by atoms with Gasteiger partial charge in [-0.3, -0.25) is 30.1 Å². The quantitative estimate of drug-likeness (QED) is 0.218. The van der Waals surface area contributed by atoms with E-state index in [-0.39, 0.29) is 36.3 Å². The molecule has 0 unspecified atom stereocenters. The predicted molar refractivity (Wildman–Crippen MR) is 139 cm³/mol. The second-order valence-corrected chi connectivity index (χ2v) is 9.23. The average Bonchev–Trinajstić information content (AvgIpc) is 2.89. The maximum atomic E-state index is 12.4. The zero-order chi connectivity index (χ0) is 26.8. The Morgan fingerprint density at radius 1 is 0.973 bits per heavy atom. The molecule has 1 aromatic rings. The first-order valence-corrected chi connectivity index (χ1v) is 12.9. The second kappa shape index (κ2) is 13.9. The first kappa shape index (κ1) is 28.4. The van der Waals surface area contributed by atoms with Crippen LogP contribution in [0.2, 0.25) is 0 Å². The first-order valence-electron chi connectivity index (χ1n) is 12.9. The third-order valence-electron chi connectivity index (χ3n) is 6.89. The minimum absolute atomic E-state index is 0.00911. The van der Waals surface area contributed by atoms with Crippen LogP contribution < -0.4 is 10.2 Å². The highest BCUT2D eigenvalue weighted by Gasteiger charge is 2.36. The third kappa shape index (κ3) is 8.16. The molecule has 0 saturated carbocycles. The summed E-state index contributed by atoms with van der Waals surface area (Å²) < 4.78 is 14.9. The fraction of sp³-hybridized carbons (Fsp3) is 0.615. The molecule has 2 N–H and O–H groups in total. The molecule has 11 nitrogen and oxygen atoms in total. The van der Waals surface area contributed by atoms with Gasteiger partial charge >= 0.3 is 18.0 Å². The van der Waals surface area contributed by atoms with Crippen molar-refractivity contribution in [1.82, 2.24) is 15.1 Å². The molecule has 2 aliphatic rings. The Kier molecular flexibility index (Phi) is 10.7. The minimum atomic E-state index is -0.668. The molecule has 0 spiro atoms. The number of amides is 1. The van der Waals surface area contributed by atoms with Gasteiger partial charge in [-0.15, -0.1) is 0 Å². The number of carbonyl (C=O) groups excluding carboxylic acids is 3. The normalized spacial score (nSPS) is 20.7. The fourth-order valence-electron chi connectivity index (χ4n) is 5.12. The summed E-state index contributed by atoms with van der Waals surface area (Å²) in [6, 6.07) is 7.78. The zero-order valence-corrected chi connectivity index (χ0v) is 22.0. The van der Waals surface area contributed by atoms with E-state index in [0.29, 0.717) is 31.7 Å². The molecule has 0 aliphatic carbocycles. The Hall–Kier alpha value is -3.18. The summed E-state index contributed by atoms with van der Waals surface area (Å²) in [5.74, 6) is -0.348. The monoisotopic (exact) mass is 517 g/mol. The number of anilines is 1. The smallest absolute Gasteiger partial charge is 0.412 e. The fourth-order valence-corrected chi connectivity index (χ4v) is 5.12. The lowest BCUT2D eigenvalue weighted by Crippen LogP contribution is -2.57. The molecule has 2 heterocycles. The van der Waals surface area contributed by atoms with Gasteiger partial charge < -0.3 is 19.1 Å². The Balaban J connectivity index is 1.58. The van der Waals surface area contributed by atoms with Gasteiger partial charge in [0.15, 0.2) is 0 Å². The molecule has 2 fully saturated rings. The number of piperidine rings is 1. The minimum Gasteiger partial charge on any atom is -0.466 e. The highest BCUT2D eigenvalue weighted by atomic mass is 16.5. The maximum absolute atomic E-state index is 12.4. The lowest BCUT2D eigenvalue weighted by molar-refractivity contribution is -0.146. The number of rotatable bonds is 9. The van der Waals surface area contributed by atoms with Crippen molar-refractivity contribution in [3.8, 4) is 0 Å². The van der Waals surface area contributed by atoms with Gasteiger partial charge in [-0.05, 0) is 50.5 Å². The molecule has 2 aliphatic heterocycles. The summed E-state index contributed by atoms with van der Waals surface area (Å²) in [7, 11) is 1.26. The number of piperazine rings is 1. The van der Waals surface area contributed by atoms with E-state index in [1.165, 1.54) is 7.11 Å². The van der Waals surface area contributed by atoms with Crippen LogP contribution in [-0.2, 0) is 23.8 Å². The number of ether oxygens (including phenoxy) is 3. The average molecular weight is 518 g/mol. The number of nitrogens with zero attached hydrogens (tertiary/aromatic N) is 3. The van der Waals surface area contributed by atoms with Crippen molar-refractivity contribution in [1.29, 1.82) is 5.41 Å². The van der Waals surface area contributed by atoms with E-state index in [1.54, 1.807) is 6.92 Å². The van der Waals surface area contributed by atoms with Crippen molar-refractivity contribution in [2.45, 2.75) is 32.7 Å². The maximum Gasteiger partial charge on any atom is 0.412 e. The molecular formula is C26H39N5O6. The molecule has 37 heavy (non-hydrogen) atoms. The summed E-state index contributed by atoms with van der Waals surface area (Å²) in [4.78, 5) is 42.6. The first-order chi connectivity index (χ1) is 17.8. The van der Waals surface area contributed by atoms with Crippen molar-refractivity contribution in [2.24, 2.45) is 5.92 Å². The molecule has 1 aromatic carbocycles. The molecular weight excluding hydrogens is 478 g/mol. The summed E-state index contributed by atoms with van der Waals surface area (Å²) in [5.41, 5.74) is 1.66. The summed E-state index contributed by atoms with van der Waals surface area (Å²) in [5, 5.41) is 10.4. The molecule has 3 rings (SSSR count). The van der Waals surface area contributed by atoms with Crippen LogP contribution in [0.1, 0.15) is 32.3 Å². The number of likely N-dealkylation sites (tertiary alicyclic amines) is 1. The largest absolute Gasteiger partial charge is 0.466 e. The number of nitrogens with one attached hydrogen (secondary N) is 2. The van der Waals surface area contributed by atoms with E-state index < -0.39 is 6.09 Å². The van der Waals surface area contributed by atoms with Crippen molar-refractivity contribution in [3.05, 3.63) is 29.8 Å². The van der Waals surface area contributed by atoms with Crippen LogP contribution in [0, 0.1) is 11.3 Å². The number of methoxy groups -OCH3 is 1. The molecule has 1 amide bonds. The van der Waals surface area contributed by atoms with Crippen molar-refractivity contribution in [2.75, 3.05) is 71.0 Å². The number of amidine groups is 1. The predicted octanol–water partition coefficient (Wildman–Crippen LogP) is 1.70. The van der Waals surface area contributed by atoms with E-state index >= 15 is 0 Å². The van der Waals surface area contributed by atoms with Crippen molar-refractivity contribution < 1.29 is 28.6 Å². The van der Waals surface area contributed by atoms with Crippen LogP contribution >= 0.6 is 0 Å². The Bertz CT molecular complexity index is 932. The molecule has 204 valence electrons. The van der Waals surface area contributed by atoms with E-state index in [4.69, 9.17) is 14.9 Å². The van der Waals surface area contributed by atoms with Crippen molar-refractivity contribution in [3.63, 3.8) is 0 Å². The van der Waals surface area contributed by atoms with Gasteiger partial charge in [0, 0.05) is 56.6 Å². The van der Waals surface area contributed by atoms with E-state index in [9.17, 15) is 14.4 Å². The number of hydrogen-bond donors (Lipinski definition) is 2. The Morgan fingerprint density at radius 3 is 2.24 bits per heavy atom. The zero-order valence-electron chi connectivity index (χ0n) is 22.0. The van der Waals surface area contributed by atoms with Crippen LogP contribution in [0.25, 0.3) is 0 Å². The Morgan fingerprint density at radius 2 is 1.62 bits per heavy atom. The number of esters is 2. The van der Waals surface area contributed by atoms with Gasteiger partial charge in [0.2, 0.25) is 0 Å². The highest BCUT2D eigenvalue weighted by Crippen LogP contribution is 2.28. The summed E-state index contributed by atoms with van der Waals surface area (Å²) in [6.07, 6.45) is 0.552. The van der Waals surface area contributed by atoms with Crippen LogP contribution in [0.3, 0.4) is 0 Å². The van der Waals surface area contributed by atoms with Gasteiger partial charge in [-0.25, -0.2) is 4.79 Å². The number of carbonyl (C=O) groups is 3. The van der Waals surface area contributed by atoms with Crippen LogP contribution in [0.15, 0.2) is 24.3 Å². The number of alkyl carbamates (subject to hydrolysis) is 1. The molecule has 11 heteroatoms. The molecule has 0 radical (unpaired) electrons. The van der Waals surface area contributed by atoms with Crippen LogP contribution in [0.4, 0.5) is 10.5 Å². The van der Waals surface area contributed by atoms with Crippen molar-refractivity contribution >= 4 is 29.6 Å². The van der Waals surface area contributed by atoms with Crippen LogP contribution in [-0.4, -0.2) is 106 Å². The number of hydrogen-bond acceptors (Lipinski definition) is 10.